The molecule has 1 aliphatic heterocycles. The van der Waals surface area contributed by atoms with Crippen molar-refractivity contribution in [1.82, 2.24) is 20.2 Å². The zero-order chi connectivity index (χ0) is 16.2. The summed E-state index contributed by atoms with van der Waals surface area (Å²) < 4.78 is 11.8. The lowest BCUT2D eigenvalue weighted by Gasteiger charge is -2.32. The number of tetrazole rings is 1. The predicted molar refractivity (Wildman–Crippen MR) is 81.5 cm³/mol. The lowest BCUT2D eigenvalue weighted by atomic mass is 9.89. The Balaban J connectivity index is 1.95. The van der Waals surface area contributed by atoms with Crippen LogP contribution in [0.1, 0.15) is 11.6 Å². The highest BCUT2D eigenvalue weighted by Gasteiger charge is 2.40. The van der Waals surface area contributed by atoms with Crippen LogP contribution < -0.4 is 5.32 Å². The van der Waals surface area contributed by atoms with E-state index in [1.165, 1.54) is 0 Å². The molecule has 0 radical (unpaired) electrons. The number of anilines is 1. The maximum atomic E-state index is 12.5. The van der Waals surface area contributed by atoms with E-state index in [0.717, 1.165) is 5.56 Å². The molecule has 2 heterocycles. The van der Waals surface area contributed by atoms with E-state index >= 15 is 0 Å². The molecule has 1 aromatic carbocycles. The number of carbonyl (C=O) groups excluding carboxylic acids is 1. The molecule has 23 heavy (non-hydrogen) atoms. The van der Waals surface area contributed by atoms with Gasteiger partial charge in [0, 0.05) is 12.8 Å². The number of nitrogens with one attached hydrogen (secondary N) is 1. The first-order chi connectivity index (χ1) is 11.2. The van der Waals surface area contributed by atoms with Crippen LogP contribution in [-0.2, 0) is 14.3 Å². The number of hydrogen-bond donors (Lipinski definition) is 1. The Morgan fingerprint density at radius 2 is 2.13 bits per heavy atom. The van der Waals surface area contributed by atoms with Crippen molar-refractivity contribution < 1.29 is 14.3 Å². The summed E-state index contributed by atoms with van der Waals surface area (Å²) in [6.07, 6.45) is 0. The van der Waals surface area contributed by atoms with E-state index in [0.29, 0.717) is 18.3 Å². The third-order valence-electron chi connectivity index (χ3n) is 3.65. The summed E-state index contributed by atoms with van der Waals surface area (Å²) in [6, 6.07) is 9.14. The molecule has 2 atom stereocenters. The zero-order valence-electron chi connectivity index (χ0n) is 12.7. The number of aromatic nitrogens is 4. The van der Waals surface area contributed by atoms with Crippen LogP contribution in [0.4, 0.5) is 5.95 Å². The van der Waals surface area contributed by atoms with Gasteiger partial charge in [-0.3, -0.25) is 4.79 Å². The van der Waals surface area contributed by atoms with Crippen LogP contribution in [0.2, 0.25) is 0 Å². The van der Waals surface area contributed by atoms with Gasteiger partial charge in [-0.1, -0.05) is 42.0 Å². The Bertz CT molecular complexity index is 700. The summed E-state index contributed by atoms with van der Waals surface area (Å²) in [4.78, 5) is 12.5. The smallest absolute Gasteiger partial charge is 0.317 e. The summed E-state index contributed by atoms with van der Waals surface area (Å²) in [6.45, 7) is 4.47. The number of benzene rings is 1. The molecule has 1 N–H and O–H groups in total. The van der Waals surface area contributed by atoms with Crippen LogP contribution in [-0.4, -0.2) is 46.5 Å². The van der Waals surface area contributed by atoms with Gasteiger partial charge in [0.15, 0.2) is 0 Å². The Labute approximate surface area is 133 Å². The Hall–Kier alpha value is -2.74. The lowest BCUT2D eigenvalue weighted by molar-refractivity contribution is -0.149. The first kappa shape index (κ1) is 15.2. The number of esters is 1. The molecule has 0 saturated heterocycles. The summed E-state index contributed by atoms with van der Waals surface area (Å²) >= 11 is 0. The van der Waals surface area contributed by atoms with Gasteiger partial charge in [-0.25, -0.2) is 4.68 Å². The van der Waals surface area contributed by atoms with Crippen molar-refractivity contribution in [1.29, 1.82) is 0 Å². The van der Waals surface area contributed by atoms with E-state index in [-0.39, 0.29) is 6.61 Å². The minimum atomic E-state index is -0.634. The average Bonchev–Trinajstić information content (AvgIpc) is 3.02. The highest BCUT2D eigenvalue weighted by Crippen LogP contribution is 2.37. The molecule has 120 valence electrons. The standard InChI is InChI=1S/C15H17N5O3/c1-10-12(14(21)23-9-8-22-2)13(11-6-4-3-5-7-11)20-15(16-10)17-18-19-20/h3-7,12-13H,1,8-9H2,2H3,(H,16,17,19)/t12-,13+/m0/s1. The van der Waals surface area contributed by atoms with Gasteiger partial charge >= 0.3 is 5.97 Å². The van der Waals surface area contributed by atoms with Crippen LogP contribution in [0.5, 0.6) is 0 Å². The number of methoxy groups -OCH3 is 1. The van der Waals surface area contributed by atoms with E-state index < -0.39 is 17.9 Å². The molecule has 3 rings (SSSR count). The molecule has 0 unspecified atom stereocenters. The van der Waals surface area contributed by atoms with Crippen LogP contribution in [0, 0.1) is 5.92 Å². The minimum absolute atomic E-state index is 0.184. The first-order valence-electron chi connectivity index (χ1n) is 7.16. The Morgan fingerprint density at radius 1 is 1.35 bits per heavy atom. The van der Waals surface area contributed by atoms with Crippen molar-refractivity contribution in [3.63, 3.8) is 0 Å². The molecular weight excluding hydrogens is 298 g/mol. The molecule has 0 saturated carbocycles. The number of nitrogens with zero attached hydrogens (tertiary/aromatic N) is 4. The average molecular weight is 315 g/mol. The van der Waals surface area contributed by atoms with Gasteiger partial charge in [-0.2, -0.15) is 0 Å². The maximum absolute atomic E-state index is 12.5. The SMILES string of the molecule is C=C1Nc2nnnn2[C@H](c2ccccc2)[C@H]1C(=O)OCCOC. The van der Waals surface area contributed by atoms with Gasteiger partial charge in [-0.05, 0) is 16.0 Å². The van der Waals surface area contributed by atoms with E-state index in [1.807, 2.05) is 30.3 Å². The quantitative estimate of drug-likeness (QED) is 0.650. The van der Waals surface area contributed by atoms with Crippen LogP contribution in [0.15, 0.2) is 42.6 Å². The van der Waals surface area contributed by atoms with Gasteiger partial charge in [0.05, 0.1) is 6.61 Å². The highest BCUT2D eigenvalue weighted by atomic mass is 16.6. The summed E-state index contributed by atoms with van der Waals surface area (Å²) in [5.41, 5.74) is 1.40. The number of fused-ring (bicyclic) bond motifs is 1. The maximum Gasteiger partial charge on any atom is 0.317 e. The van der Waals surface area contributed by atoms with Crippen molar-refractivity contribution in [3.05, 3.63) is 48.2 Å². The number of hydrogen-bond acceptors (Lipinski definition) is 7. The fraction of sp³-hybridized carbons (Fsp3) is 0.333. The molecular formula is C15H17N5O3. The molecule has 0 amide bonds. The third-order valence-corrected chi connectivity index (χ3v) is 3.65. The van der Waals surface area contributed by atoms with Gasteiger partial charge in [0.2, 0.25) is 5.95 Å². The second kappa shape index (κ2) is 6.57. The van der Waals surface area contributed by atoms with Crippen molar-refractivity contribution in [3.8, 4) is 0 Å². The number of ether oxygens (including phenoxy) is 2. The highest BCUT2D eigenvalue weighted by molar-refractivity contribution is 5.79. The zero-order valence-corrected chi connectivity index (χ0v) is 12.7. The molecule has 1 aliphatic rings. The summed E-state index contributed by atoms with van der Waals surface area (Å²) in [7, 11) is 1.55. The van der Waals surface area contributed by atoms with Crippen LogP contribution in [0.3, 0.4) is 0 Å². The fourth-order valence-electron chi connectivity index (χ4n) is 2.59. The van der Waals surface area contributed by atoms with Gasteiger partial charge in [-0.15, -0.1) is 0 Å². The second-order valence-corrected chi connectivity index (χ2v) is 5.09. The predicted octanol–water partition coefficient (Wildman–Crippen LogP) is 1.01. The number of rotatable bonds is 5. The third kappa shape index (κ3) is 2.93. The Morgan fingerprint density at radius 3 is 2.87 bits per heavy atom. The van der Waals surface area contributed by atoms with Crippen molar-refractivity contribution in [2.75, 3.05) is 25.6 Å². The molecule has 0 fully saturated rings. The first-order valence-corrected chi connectivity index (χ1v) is 7.16. The van der Waals surface area contributed by atoms with Crippen molar-refractivity contribution >= 4 is 11.9 Å². The molecule has 0 spiro atoms. The lowest BCUT2D eigenvalue weighted by Crippen LogP contribution is -2.38. The fourth-order valence-corrected chi connectivity index (χ4v) is 2.59. The van der Waals surface area contributed by atoms with Gasteiger partial charge in [0.25, 0.3) is 0 Å². The van der Waals surface area contributed by atoms with Crippen molar-refractivity contribution in [2.45, 2.75) is 6.04 Å². The van der Waals surface area contributed by atoms with E-state index in [1.54, 1.807) is 11.8 Å². The second-order valence-electron chi connectivity index (χ2n) is 5.09. The van der Waals surface area contributed by atoms with E-state index in [2.05, 4.69) is 27.4 Å². The number of carbonyl (C=O) groups is 1. The van der Waals surface area contributed by atoms with Gasteiger partial charge in [0.1, 0.15) is 18.6 Å². The van der Waals surface area contributed by atoms with Crippen LogP contribution >= 0.6 is 0 Å². The Kier molecular flexibility index (Phi) is 4.33. The molecule has 2 aromatic rings. The minimum Gasteiger partial charge on any atom is -0.463 e. The molecule has 8 nitrogen and oxygen atoms in total. The monoisotopic (exact) mass is 315 g/mol. The molecule has 1 aromatic heterocycles. The molecule has 0 bridgehead atoms. The topological polar surface area (TPSA) is 91.2 Å². The largest absolute Gasteiger partial charge is 0.463 e. The van der Waals surface area contributed by atoms with E-state index in [9.17, 15) is 4.79 Å². The van der Waals surface area contributed by atoms with E-state index in [4.69, 9.17) is 9.47 Å². The van der Waals surface area contributed by atoms with Gasteiger partial charge < -0.3 is 14.8 Å². The molecule has 0 aliphatic carbocycles. The summed E-state index contributed by atoms with van der Waals surface area (Å²) in [5, 5.41) is 14.5. The van der Waals surface area contributed by atoms with Crippen LogP contribution in [0.25, 0.3) is 0 Å². The molecule has 8 heteroatoms. The summed E-state index contributed by atoms with van der Waals surface area (Å²) in [5.74, 6) is -0.579. The normalized spacial score (nSPS) is 19.8. The van der Waals surface area contributed by atoms with Crippen molar-refractivity contribution in [2.24, 2.45) is 5.92 Å².